The molecule has 0 spiro atoms. The maximum Gasteiger partial charge on any atom is 0.153 e. The zero-order chi connectivity index (χ0) is 14.5. The molecule has 2 aromatic rings. The summed E-state index contributed by atoms with van der Waals surface area (Å²) in [6, 6.07) is 9.40. The monoisotopic (exact) mass is 291 g/mol. The fraction of sp³-hybridized carbons (Fsp3) is 0.133. The number of thiocarbonyl (C=S) groups is 1. The summed E-state index contributed by atoms with van der Waals surface area (Å²) in [5.41, 5.74) is 0.685. The second kappa shape index (κ2) is 6.37. The number of ether oxygens (including phenoxy) is 1. The van der Waals surface area contributed by atoms with E-state index in [0.717, 1.165) is 0 Å². The molecule has 2 aromatic carbocycles. The minimum Gasteiger partial charge on any atom is -0.494 e. The van der Waals surface area contributed by atoms with Gasteiger partial charge in [0.05, 0.1) is 11.8 Å². The van der Waals surface area contributed by atoms with Crippen LogP contribution in [0.4, 0.5) is 14.5 Å². The zero-order valence-electron chi connectivity index (χ0n) is 10.7. The topological polar surface area (TPSA) is 21.6 Å². The molecule has 0 aromatic heterocycles. The quantitative estimate of drug-likeness (QED) is 0.598. The predicted octanol–water partition coefficient (Wildman–Crippen LogP) is 4.76. The molecule has 0 aliphatic carbocycles. The minimum atomic E-state index is -0.772. The van der Waals surface area contributed by atoms with E-state index in [1.54, 1.807) is 24.3 Å². The number of aliphatic imine (C=N–C) groups is 1. The third-order valence-electron chi connectivity index (χ3n) is 2.67. The molecule has 0 saturated heterocycles. The Morgan fingerprint density at radius 1 is 1.10 bits per heavy atom. The predicted molar refractivity (Wildman–Crippen MR) is 77.6 cm³/mol. The normalized spacial score (nSPS) is 9.95. The van der Waals surface area contributed by atoms with Gasteiger partial charge in [-0.25, -0.2) is 8.78 Å². The van der Waals surface area contributed by atoms with Crippen LogP contribution >= 0.6 is 12.2 Å². The maximum atomic E-state index is 13.7. The largest absolute Gasteiger partial charge is 0.494 e. The maximum absolute atomic E-state index is 13.7. The highest BCUT2D eigenvalue weighted by Crippen LogP contribution is 2.29. The molecule has 0 saturated carbocycles. The summed E-state index contributed by atoms with van der Waals surface area (Å²) in [4.78, 5) is 3.37. The molecule has 0 fully saturated rings. The molecular formula is C15H11F2NOS. The first-order valence-electron chi connectivity index (χ1n) is 5.96. The molecule has 0 radical (unpaired) electrons. The summed E-state index contributed by atoms with van der Waals surface area (Å²) in [6.45, 7) is 2.45. The molecule has 0 N–H and O–H groups in total. The molecule has 0 unspecified atom stereocenters. The van der Waals surface area contributed by atoms with E-state index in [1.165, 1.54) is 12.1 Å². The molecule has 0 atom stereocenters. The van der Waals surface area contributed by atoms with Crippen LogP contribution in [0.15, 0.2) is 41.4 Å². The lowest BCUT2D eigenvalue weighted by atomic mass is 10.0. The van der Waals surface area contributed by atoms with Gasteiger partial charge in [0.15, 0.2) is 11.6 Å². The average molecular weight is 291 g/mol. The molecule has 20 heavy (non-hydrogen) atoms. The molecule has 0 bridgehead atoms. The van der Waals surface area contributed by atoms with E-state index >= 15 is 0 Å². The number of hydrogen-bond acceptors (Lipinski definition) is 3. The second-order valence-electron chi connectivity index (χ2n) is 3.95. The Hall–Kier alpha value is -2.10. The first kappa shape index (κ1) is 14.3. The Morgan fingerprint density at radius 2 is 1.70 bits per heavy atom. The van der Waals surface area contributed by atoms with Crippen LogP contribution in [0.1, 0.15) is 6.92 Å². The van der Waals surface area contributed by atoms with Crippen molar-refractivity contribution in [3.63, 3.8) is 0 Å². The summed E-state index contributed by atoms with van der Waals surface area (Å²) in [7, 11) is 0. The van der Waals surface area contributed by atoms with Gasteiger partial charge in [-0.3, -0.25) is 0 Å². The van der Waals surface area contributed by atoms with Crippen molar-refractivity contribution < 1.29 is 13.5 Å². The lowest BCUT2D eigenvalue weighted by Crippen LogP contribution is -1.91. The van der Waals surface area contributed by atoms with Crippen LogP contribution in [0, 0.1) is 11.6 Å². The molecule has 2 rings (SSSR count). The van der Waals surface area contributed by atoms with Crippen molar-refractivity contribution in [1.82, 2.24) is 0 Å². The van der Waals surface area contributed by atoms with Crippen molar-refractivity contribution in [2.24, 2.45) is 4.99 Å². The van der Waals surface area contributed by atoms with E-state index in [4.69, 9.17) is 4.74 Å². The number of benzene rings is 2. The van der Waals surface area contributed by atoms with Gasteiger partial charge in [-0.2, -0.15) is 4.99 Å². The van der Waals surface area contributed by atoms with Gasteiger partial charge >= 0.3 is 0 Å². The molecule has 0 aliphatic heterocycles. The van der Waals surface area contributed by atoms with E-state index in [2.05, 4.69) is 17.2 Å². The first-order chi connectivity index (χ1) is 9.65. The van der Waals surface area contributed by atoms with Crippen LogP contribution in [-0.2, 0) is 0 Å². The summed E-state index contributed by atoms with van der Waals surface area (Å²) in [5.74, 6) is -0.836. The van der Waals surface area contributed by atoms with E-state index in [0.29, 0.717) is 23.5 Å². The number of rotatable bonds is 4. The van der Waals surface area contributed by atoms with Crippen molar-refractivity contribution in [3.8, 4) is 16.9 Å². The minimum absolute atomic E-state index is 0.422. The SMILES string of the molecule is CCOc1ccc(-c2cc(F)c(N=C=S)c(F)c2)cc1. The number of nitrogens with zero attached hydrogens (tertiary/aromatic N) is 1. The number of isothiocyanates is 1. The van der Waals surface area contributed by atoms with Crippen LogP contribution < -0.4 is 4.74 Å². The van der Waals surface area contributed by atoms with Crippen LogP contribution in [0.5, 0.6) is 5.75 Å². The highest BCUT2D eigenvalue weighted by Gasteiger charge is 2.11. The van der Waals surface area contributed by atoms with Crippen LogP contribution in [0.25, 0.3) is 11.1 Å². The smallest absolute Gasteiger partial charge is 0.153 e. The van der Waals surface area contributed by atoms with Gasteiger partial charge in [-0.1, -0.05) is 12.1 Å². The summed E-state index contributed by atoms with van der Waals surface area (Å²) >= 11 is 4.35. The van der Waals surface area contributed by atoms with E-state index in [-0.39, 0.29) is 0 Å². The Balaban J connectivity index is 2.40. The van der Waals surface area contributed by atoms with E-state index in [1.807, 2.05) is 12.1 Å². The fourth-order valence-electron chi connectivity index (χ4n) is 1.79. The molecule has 5 heteroatoms. The Bertz CT molecular complexity index is 641. The molecule has 0 aliphatic rings. The van der Waals surface area contributed by atoms with Crippen LogP contribution in [-0.4, -0.2) is 11.8 Å². The van der Waals surface area contributed by atoms with Crippen LogP contribution in [0.2, 0.25) is 0 Å². The third kappa shape index (κ3) is 3.07. The van der Waals surface area contributed by atoms with Gasteiger partial charge in [-0.05, 0) is 54.5 Å². The molecule has 102 valence electrons. The average Bonchev–Trinajstić information content (AvgIpc) is 2.44. The zero-order valence-corrected chi connectivity index (χ0v) is 11.5. The van der Waals surface area contributed by atoms with Gasteiger partial charge < -0.3 is 4.74 Å². The highest BCUT2D eigenvalue weighted by molar-refractivity contribution is 7.78. The number of halogens is 2. The molecular weight excluding hydrogens is 280 g/mol. The van der Waals surface area contributed by atoms with E-state index in [9.17, 15) is 8.78 Å². The number of hydrogen-bond donors (Lipinski definition) is 0. The first-order valence-corrected chi connectivity index (χ1v) is 6.36. The summed E-state index contributed by atoms with van der Waals surface area (Å²) < 4.78 is 32.8. The fourth-order valence-corrected chi connectivity index (χ4v) is 1.89. The van der Waals surface area contributed by atoms with Gasteiger partial charge in [0.2, 0.25) is 0 Å². The van der Waals surface area contributed by atoms with E-state index < -0.39 is 17.3 Å². The Labute approximate surface area is 120 Å². The van der Waals surface area contributed by atoms with Gasteiger partial charge in [-0.15, -0.1) is 0 Å². The second-order valence-corrected chi connectivity index (χ2v) is 4.13. The Kier molecular flexibility index (Phi) is 4.56. The standard InChI is InChI=1S/C15H11F2NOS/c1-2-19-12-5-3-10(4-6-12)11-7-13(16)15(18-9-20)14(17)8-11/h3-8H,2H2,1H3. The van der Waals surface area contributed by atoms with Crippen molar-refractivity contribution in [2.75, 3.05) is 6.61 Å². The molecule has 2 nitrogen and oxygen atoms in total. The van der Waals surface area contributed by atoms with Gasteiger partial charge in [0, 0.05) is 0 Å². The van der Waals surface area contributed by atoms with Crippen molar-refractivity contribution in [1.29, 1.82) is 0 Å². The highest BCUT2D eigenvalue weighted by atomic mass is 32.1. The van der Waals surface area contributed by atoms with Gasteiger partial charge in [0.1, 0.15) is 11.4 Å². The van der Waals surface area contributed by atoms with Crippen molar-refractivity contribution in [2.45, 2.75) is 6.92 Å². The van der Waals surface area contributed by atoms with Crippen molar-refractivity contribution in [3.05, 3.63) is 48.0 Å². The summed E-state index contributed by atoms with van der Waals surface area (Å²) in [6.07, 6.45) is 0. The van der Waals surface area contributed by atoms with Crippen molar-refractivity contribution >= 4 is 23.1 Å². The lowest BCUT2D eigenvalue weighted by molar-refractivity contribution is 0.340. The summed E-state index contributed by atoms with van der Waals surface area (Å²) in [5, 5.41) is 1.96. The molecule has 0 heterocycles. The van der Waals surface area contributed by atoms with Gasteiger partial charge in [0.25, 0.3) is 0 Å². The third-order valence-corrected chi connectivity index (χ3v) is 2.76. The Morgan fingerprint density at radius 3 is 2.20 bits per heavy atom. The lowest BCUT2D eigenvalue weighted by Gasteiger charge is -2.07. The van der Waals surface area contributed by atoms with Crippen LogP contribution in [0.3, 0.4) is 0 Å². The molecule has 0 amide bonds.